The number of H-pyrrole nitrogens is 1. The van der Waals surface area contributed by atoms with E-state index in [9.17, 15) is 19.2 Å². The van der Waals surface area contributed by atoms with Crippen molar-refractivity contribution in [2.75, 3.05) is 17.2 Å². The number of nitrogens with two attached hydrogens (primary N) is 1. The monoisotopic (exact) mass is 609 g/mol. The fourth-order valence-corrected chi connectivity index (χ4v) is 4.27. The molecule has 2 aliphatic heterocycles. The molecule has 7 N–H and O–H groups in total. The van der Waals surface area contributed by atoms with Crippen molar-refractivity contribution in [1.82, 2.24) is 20.3 Å². The number of carbonyl (C=O) groups is 4. The Morgan fingerprint density at radius 1 is 1.05 bits per heavy atom. The molecule has 2 aromatic heterocycles. The van der Waals surface area contributed by atoms with Gasteiger partial charge in [0.05, 0.1) is 16.9 Å². The number of ether oxygens (including phenoxy) is 2. The topological polar surface area (TPSA) is 211 Å². The predicted octanol–water partition coefficient (Wildman–Crippen LogP) is 2.59. The molecule has 2 aromatic carbocycles. The highest BCUT2D eigenvalue weighted by atomic mass is 35.5. The number of nitrogens with zero attached hydrogens (tertiary/aromatic N) is 2. The van der Waals surface area contributed by atoms with Gasteiger partial charge in [-0.1, -0.05) is 12.1 Å². The normalized spacial score (nSPS) is 14.2. The average molecular weight is 610 g/mol. The van der Waals surface area contributed by atoms with Crippen LogP contribution < -0.4 is 31.2 Å². The van der Waals surface area contributed by atoms with E-state index in [1.54, 1.807) is 32.0 Å². The number of aromatic carboxylic acids is 1. The van der Waals surface area contributed by atoms with Crippen molar-refractivity contribution in [2.45, 2.75) is 32.5 Å². The number of halogens is 1. The third kappa shape index (κ3) is 6.50. The minimum absolute atomic E-state index is 0. The largest absolute Gasteiger partial charge is 0.482 e. The number of rotatable bonds is 5. The Morgan fingerprint density at radius 3 is 2.49 bits per heavy atom. The summed E-state index contributed by atoms with van der Waals surface area (Å²) in [6.45, 7) is 4.08. The number of fused-ring (bicyclic) bond motifs is 3. The Morgan fingerprint density at radius 2 is 1.74 bits per heavy atom. The Labute approximate surface area is 250 Å². The molecule has 0 atom stereocenters. The summed E-state index contributed by atoms with van der Waals surface area (Å²) in [4.78, 5) is 57.3. The van der Waals surface area contributed by atoms with Crippen LogP contribution in [0.15, 0.2) is 48.9 Å². The van der Waals surface area contributed by atoms with E-state index in [0.29, 0.717) is 29.4 Å². The smallest absolute Gasteiger partial charge is 0.339 e. The van der Waals surface area contributed by atoms with E-state index in [4.69, 9.17) is 20.3 Å². The molecule has 43 heavy (non-hydrogen) atoms. The number of carbonyl (C=O) groups excluding carboxylic acids is 3. The van der Waals surface area contributed by atoms with Crippen LogP contribution in [0.4, 0.5) is 11.4 Å². The number of benzene rings is 2. The Hall–Kier alpha value is -5.21. The molecule has 0 aliphatic carbocycles. The van der Waals surface area contributed by atoms with Gasteiger partial charge in [0.25, 0.3) is 17.7 Å². The molecule has 0 fully saturated rings. The van der Waals surface area contributed by atoms with Gasteiger partial charge in [-0.15, -0.1) is 12.4 Å². The SMILES string of the molecule is CC1(C)Oc2ccc(CN)cc2NC1=O.Cl.O=C1COc2ccc(CNC(=O)c3ncnc4c(C(=O)O)c[nH]c34)cc2N1. The zero-order valence-electron chi connectivity index (χ0n) is 23.0. The van der Waals surface area contributed by atoms with Gasteiger partial charge in [-0.25, -0.2) is 14.8 Å². The maximum absolute atomic E-state index is 12.5. The van der Waals surface area contributed by atoms with Crippen molar-refractivity contribution < 1.29 is 33.8 Å². The highest BCUT2D eigenvalue weighted by molar-refractivity contribution is 6.08. The van der Waals surface area contributed by atoms with E-state index in [1.165, 1.54) is 6.20 Å². The molecule has 3 amide bonds. The van der Waals surface area contributed by atoms with Gasteiger partial charge in [0.15, 0.2) is 17.9 Å². The molecule has 0 radical (unpaired) electrons. The second kappa shape index (κ2) is 12.3. The van der Waals surface area contributed by atoms with Gasteiger partial charge in [-0.2, -0.15) is 0 Å². The maximum Gasteiger partial charge on any atom is 0.339 e. The standard InChI is InChI=1S/C17H13N5O5.C11H14N2O2.ClH/c23-12-6-27-11-2-1-8(3-10(11)22-12)4-19-16(24)15-14-13(20-7-21-15)9(5-18-14)17(25)26;1-11(2)10(14)13-8-5-7(6-12)3-4-9(8)15-11;/h1-3,5,7,18H,4,6H2,(H,19,24)(H,22,23)(H,25,26);3-5H,6,12H2,1-2H3,(H,13,14);1H. The van der Waals surface area contributed by atoms with Gasteiger partial charge < -0.3 is 41.2 Å². The number of hydrogen-bond donors (Lipinski definition) is 6. The maximum atomic E-state index is 12.5. The quantitative estimate of drug-likeness (QED) is 0.195. The first-order chi connectivity index (χ1) is 20.1. The lowest BCUT2D eigenvalue weighted by molar-refractivity contribution is -0.129. The lowest BCUT2D eigenvalue weighted by Crippen LogP contribution is -2.45. The van der Waals surface area contributed by atoms with E-state index in [2.05, 4.69) is 30.9 Å². The van der Waals surface area contributed by atoms with Crippen LogP contribution in [0.25, 0.3) is 11.0 Å². The molecule has 4 heterocycles. The zero-order chi connectivity index (χ0) is 30.0. The number of carboxylic acids is 1. The first-order valence-electron chi connectivity index (χ1n) is 12.8. The molecular weight excluding hydrogens is 582 g/mol. The zero-order valence-corrected chi connectivity index (χ0v) is 23.8. The first-order valence-corrected chi connectivity index (χ1v) is 12.8. The summed E-state index contributed by atoms with van der Waals surface area (Å²) in [5.74, 6) is -0.757. The van der Waals surface area contributed by atoms with E-state index < -0.39 is 17.5 Å². The molecule has 0 bridgehead atoms. The second-order valence-corrected chi connectivity index (χ2v) is 9.90. The Balaban J connectivity index is 0.000000225. The van der Waals surface area contributed by atoms with Gasteiger partial charge in [-0.3, -0.25) is 14.4 Å². The summed E-state index contributed by atoms with van der Waals surface area (Å²) >= 11 is 0. The van der Waals surface area contributed by atoms with Gasteiger partial charge in [0.2, 0.25) is 0 Å². The minimum Gasteiger partial charge on any atom is -0.482 e. The average Bonchev–Trinajstić information content (AvgIpc) is 3.41. The third-order valence-corrected chi connectivity index (χ3v) is 6.48. The minimum atomic E-state index is -1.15. The predicted molar refractivity (Wildman–Crippen MR) is 158 cm³/mol. The van der Waals surface area contributed by atoms with Crippen molar-refractivity contribution >= 4 is 58.5 Å². The summed E-state index contributed by atoms with van der Waals surface area (Å²) in [5, 5.41) is 17.4. The van der Waals surface area contributed by atoms with Crippen molar-refractivity contribution in [1.29, 1.82) is 0 Å². The number of aromatic nitrogens is 3. The highest BCUT2D eigenvalue weighted by Gasteiger charge is 2.35. The van der Waals surface area contributed by atoms with Crippen LogP contribution in [0.1, 0.15) is 45.8 Å². The molecule has 14 nitrogen and oxygen atoms in total. The molecule has 6 rings (SSSR count). The fraction of sp³-hybridized carbons (Fsp3) is 0.214. The summed E-state index contributed by atoms with van der Waals surface area (Å²) < 4.78 is 10.9. The molecule has 2 aliphatic rings. The van der Waals surface area contributed by atoms with Crippen LogP contribution in [-0.4, -0.2) is 56.0 Å². The second-order valence-electron chi connectivity index (χ2n) is 9.90. The molecule has 224 valence electrons. The molecule has 0 unspecified atom stereocenters. The van der Waals surface area contributed by atoms with Gasteiger partial charge in [0, 0.05) is 19.3 Å². The van der Waals surface area contributed by atoms with Crippen LogP contribution in [0, 0.1) is 0 Å². The Kier molecular flexibility index (Phi) is 8.82. The fourth-order valence-electron chi connectivity index (χ4n) is 4.27. The summed E-state index contributed by atoms with van der Waals surface area (Å²) in [5.41, 5.74) is 8.08. The molecular formula is C28H28ClN7O7. The van der Waals surface area contributed by atoms with Crippen LogP contribution >= 0.6 is 12.4 Å². The summed E-state index contributed by atoms with van der Waals surface area (Å²) in [6.07, 6.45) is 2.41. The van der Waals surface area contributed by atoms with Crippen molar-refractivity contribution in [3.63, 3.8) is 0 Å². The van der Waals surface area contributed by atoms with Crippen LogP contribution in [0.2, 0.25) is 0 Å². The van der Waals surface area contributed by atoms with E-state index in [-0.39, 0.29) is 59.7 Å². The molecule has 0 saturated heterocycles. The lowest BCUT2D eigenvalue weighted by Gasteiger charge is -2.31. The number of hydrogen-bond acceptors (Lipinski definition) is 9. The van der Waals surface area contributed by atoms with Gasteiger partial charge in [-0.05, 0) is 49.2 Å². The van der Waals surface area contributed by atoms with E-state index in [1.807, 2.05) is 18.2 Å². The van der Waals surface area contributed by atoms with E-state index in [0.717, 1.165) is 17.5 Å². The Bertz CT molecular complexity index is 1740. The number of anilines is 2. The lowest BCUT2D eigenvalue weighted by atomic mass is 10.1. The van der Waals surface area contributed by atoms with E-state index >= 15 is 0 Å². The number of aromatic amines is 1. The van der Waals surface area contributed by atoms with Crippen LogP contribution in [0.3, 0.4) is 0 Å². The van der Waals surface area contributed by atoms with Gasteiger partial charge >= 0.3 is 5.97 Å². The molecule has 0 saturated carbocycles. The number of carboxylic acid groups (broad SMARTS) is 1. The number of nitrogens with one attached hydrogen (secondary N) is 4. The van der Waals surface area contributed by atoms with Gasteiger partial charge in [0.1, 0.15) is 28.9 Å². The van der Waals surface area contributed by atoms with Crippen LogP contribution in [0.5, 0.6) is 11.5 Å². The van der Waals surface area contributed by atoms with Crippen molar-refractivity contribution in [3.8, 4) is 11.5 Å². The molecule has 4 aromatic rings. The van der Waals surface area contributed by atoms with Crippen molar-refractivity contribution in [2.24, 2.45) is 5.73 Å². The van der Waals surface area contributed by atoms with Crippen LogP contribution in [-0.2, 0) is 22.7 Å². The number of amides is 3. The summed E-state index contributed by atoms with van der Waals surface area (Å²) in [7, 11) is 0. The summed E-state index contributed by atoms with van der Waals surface area (Å²) in [6, 6.07) is 10.7. The highest BCUT2D eigenvalue weighted by Crippen LogP contribution is 2.34. The molecule has 15 heteroatoms. The molecule has 0 spiro atoms. The van der Waals surface area contributed by atoms with Crippen molar-refractivity contribution in [3.05, 3.63) is 71.3 Å². The first kappa shape index (κ1) is 30.7. The third-order valence-electron chi connectivity index (χ3n) is 6.48.